The van der Waals surface area contributed by atoms with Crippen LogP contribution in [-0.4, -0.2) is 5.75 Å². The molecular weight excluding hydrogens is 211 g/mol. The summed E-state index contributed by atoms with van der Waals surface area (Å²) in [6.45, 7) is 1.88. The Morgan fingerprint density at radius 3 is 2.43 bits per heavy atom. The lowest BCUT2D eigenvalue weighted by atomic mass is 10.2. The predicted molar refractivity (Wildman–Crippen MR) is 52.3 cm³/mol. The topological polar surface area (TPSA) is 26.0 Å². The number of alkyl halides is 3. The zero-order chi connectivity index (χ0) is 10.8. The van der Waals surface area contributed by atoms with Gasteiger partial charge in [-0.1, -0.05) is 6.92 Å². The van der Waals surface area contributed by atoms with Gasteiger partial charge in [-0.3, -0.25) is 0 Å². The van der Waals surface area contributed by atoms with E-state index in [9.17, 15) is 13.2 Å². The number of nitrogen functional groups attached to an aromatic ring is 1. The molecule has 14 heavy (non-hydrogen) atoms. The van der Waals surface area contributed by atoms with Crippen LogP contribution < -0.4 is 5.73 Å². The van der Waals surface area contributed by atoms with Crippen molar-refractivity contribution in [3.63, 3.8) is 0 Å². The van der Waals surface area contributed by atoms with Gasteiger partial charge in [-0.15, -0.1) is 11.8 Å². The largest absolute Gasteiger partial charge is 0.416 e. The molecule has 0 bridgehead atoms. The van der Waals surface area contributed by atoms with Crippen LogP contribution in [0.25, 0.3) is 0 Å². The summed E-state index contributed by atoms with van der Waals surface area (Å²) in [6.07, 6.45) is -4.32. The maximum atomic E-state index is 12.3. The number of anilines is 1. The molecule has 0 aliphatic carbocycles. The molecule has 0 fully saturated rings. The molecule has 78 valence electrons. The van der Waals surface area contributed by atoms with Crippen LogP contribution in [0.1, 0.15) is 12.5 Å². The predicted octanol–water partition coefficient (Wildman–Crippen LogP) is 3.40. The smallest absolute Gasteiger partial charge is 0.399 e. The van der Waals surface area contributed by atoms with Crippen molar-refractivity contribution in [1.82, 2.24) is 0 Å². The molecule has 0 aliphatic heterocycles. The number of hydrogen-bond acceptors (Lipinski definition) is 2. The van der Waals surface area contributed by atoms with Gasteiger partial charge in [0.1, 0.15) is 0 Å². The van der Waals surface area contributed by atoms with Gasteiger partial charge in [-0.05, 0) is 24.0 Å². The summed E-state index contributed by atoms with van der Waals surface area (Å²) in [5, 5.41) is 0. The fourth-order valence-electron chi connectivity index (χ4n) is 1.04. The number of benzene rings is 1. The normalized spacial score (nSPS) is 11.7. The quantitative estimate of drug-likeness (QED) is 0.611. The second kappa shape index (κ2) is 4.13. The Morgan fingerprint density at radius 1 is 1.29 bits per heavy atom. The summed E-state index contributed by atoms with van der Waals surface area (Å²) < 4.78 is 37.0. The summed E-state index contributed by atoms with van der Waals surface area (Å²) in [7, 11) is 0. The van der Waals surface area contributed by atoms with Crippen LogP contribution in [0.15, 0.2) is 23.1 Å². The lowest BCUT2D eigenvalue weighted by Gasteiger charge is -2.09. The first-order valence-electron chi connectivity index (χ1n) is 4.04. The first kappa shape index (κ1) is 11.2. The van der Waals surface area contributed by atoms with Gasteiger partial charge >= 0.3 is 6.18 Å². The molecule has 2 N–H and O–H groups in total. The van der Waals surface area contributed by atoms with Crippen molar-refractivity contribution in [1.29, 1.82) is 0 Å². The highest BCUT2D eigenvalue weighted by atomic mass is 32.2. The fraction of sp³-hybridized carbons (Fsp3) is 0.333. The van der Waals surface area contributed by atoms with E-state index >= 15 is 0 Å². The van der Waals surface area contributed by atoms with E-state index in [2.05, 4.69) is 0 Å². The third-order valence-electron chi connectivity index (χ3n) is 1.57. The second-order valence-electron chi connectivity index (χ2n) is 2.72. The standard InChI is InChI=1S/C9H10F3NS/c1-2-14-8-4-6(9(10,11)12)3-7(13)5-8/h3-5H,2,13H2,1H3. The van der Waals surface area contributed by atoms with E-state index in [1.807, 2.05) is 6.92 Å². The first-order chi connectivity index (χ1) is 6.43. The molecule has 0 saturated carbocycles. The van der Waals surface area contributed by atoms with E-state index < -0.39 is 11.7 Å². The van der Waals surface area contributed by atoms with Crippen LogP contribution >= 0.6 is 11.8 Å². The molecule has 1 aromatic carbocycles. The van der Waals surface area contributed by atoms with Crippen LogP contribution in [-0.2, 0) is 6.18 Å². The Morgan fingerprint density at radius 2 is 1.93 bits per heavy atom. The molecule has 0 aromatic heterocycles. The van der Waals surface area contributed by atoms with Crippen LogP contribution in [0.5, 0.6) is 0 Å². The van der Waals surface area contributed by atoms with Gasteiger partial charge < -0.3 is 5.73 Å². The Kier molecular flexibility index (Phi) is 3.31. The molecule has 0 saturated heterocycles. The van der Waals surface area contributed by atoms with Crippen molar-refractivity contribution in [3.05, 3.63) is 23.8 Å². The lowest BCUT2D eigenvalue weighted by molar-refractivity contribution is -0.137. The molecule has 0 amide bonds. The van der Waals surface area contributed by atoms with Gasteiger partial charge in [0.25, 0.3) is 0 Å². The minimum absolute atomic E-state index is 0.149. The zero-order valence-electron chi connectivity index (χ0n) is 7.56. The highest BCUT2D eigenvalue weighted by molar-refractivity contribution is 7.99. The van der Waals surface area contributed by atoms with Gasteiger partial charge in [0, 0.05) is 10.6 Å². The molecule has 1 aromatic rings. The number of rotatable bonds is 2. The van der Waals surface area contributed by atoms with Crippen molar-refractivity contribution in [3.8, 4) is 0 Å². The summed E-state index contributed by atoms with van der Waals surface area (Å²) in [5.41, 5.74) is 4.84. The average Bonchev–Trinajstić information content (AvgIpc) is 2.02. The molecular formula is C9H10F3NS. The lowest BCUT2D eigenvalue weighted by Crippen LogP contribution is -2.05. The highest BCUT2D eigenvalue weighted by Gasteiger charge is 2.30. The Bertz CT molecular complexity index is 322. The van der Waals surface area contributed by atoms with Crippen LogP contribution in [0, 0.1) is 0 Å². The third-order valence-corrected chi connectivity index (χ3v) is 2.42. The molecule has 0 heterocycles. The summed E-state index contributed by atoms with van der Waals surface area (Å²) in [5.74, 6) is 0.723. The van der Waals surface area contributed by atoms with Gasteiger partial charge in [-0.25, -0.2) is 0 Å². The van der Waals surface area contributed by atoms with Crippen LogP contribution in [0.3, 0.4) is 0 Å². The number of nitrogens with two attached hydrogens (primary N) is 1. The van der Waals surface area contributed by atoms with Gasteiger partial charge in [0.15, 0.2) is 0 Å². The molecule has 1 nitrogen and oxygen atoms in total. The van der Waals surface area contributed by atoms with Crippen molar-refractivity contribution in [2.75, 3.05) is 11.5 Å². The zero-order valence-corrected chi connectivity index (χ0v) is 8.38. The van der Waals surface area contributed by atoms with Crippen LogP contribution in [0.2, 0.25) is 0 Å². The molecule has 5 heteroatoms. The first-order valence-corrected chi connectivity index (χ1v) is 5.02. The van der Waals surface area contributed by atoms with Crippen molar-refractivity contribution < 1.29 is 13.2 Å². The Hall–Kier alpha value is -0.840. The number of halogens is 3. The maximum absolute atomic E-state index is 12.3. The van der Waals surface area contributed by atoms with Crippen LogP contribution in [0.4, 0.5) is 18.9 Å². The number of thioether (sulfide) groups is 1. The molecule has 0 radical (unpaired) electrons. The third kappa shape index (κ3) is 2.83. The molecule has 0 atom stereocenters. The van der Waals surface area contributed by atoms with E-state index in [4.69, 9.17) is 5.73 Å². The van der Waals surface area contributed by atoms with Gasteiger partial charge in [0.05, 0.1) is 5.56 Å². The highest BCUT2D eigenvalue weighted by Crippen LogP contribution is 2.33. The molecule has 1 rings (SSSR count). The van der Waals surface area contributed by atoms with Crippen molar-refractivity contribution in [2.24, 2.45) is 0 Å². The van der Waals surface area contributed by atoms with E-state index in [0.717, 1.165) is 17.9 Å². The Labute approximate surface area is 84.5 Å². The Balaban J connectivity index is 3.07. The SMILES string of the molecule is CCSc1cc(N)cc(C(F)(F)F)c1. The fourth-order valence-corrected chi connectivity index (χ4v) is 1.80. The summed E-state index contributed by atoms with van der Waals surface area (Å²) >= 11 is 1.34. The van der Waals surface area contributed by atoms with Gasteiger partial charge in [0.2, 0.25) is 0 Å². The second-order valence-corrected chi connectivity index (χ2v) is 4.06. The van der Waals surface area contributed by atoms with E-state index in [0.29, 0.717) is 4.90 Å². The monoisotopic (exact) mass is 221 g/mol. The average molecular weight is 221 g/mol. The van der Waals surface area contributed by atoms with E-state index in [1.54, 1.807) is 6.07 Å². The van der Waals surface area contributed by atoms with E-state index in [1.165, 1.54) is 11.8 Å². The van der Waals surface area contributed by atoms with Gasteiger partial charge in [-0.2, -0.15) is 13.2 Å². The number of hydrogen-bond donors (Lipinski definition) is 1. The summed E-state index contributed by atoms with van der Waals surface area (Å²) in [6, 6.07) is 3.60. The molecule has 0 spiro atoms. The minimum Gasteiger partial charge on any atom is -0.399 e. The molecule has 0 aliphatic rings. The van der Waals surface area contributed by atoms with E-state index in [-0.39, 0.29) is 5.69 Å². The molecule has 0 unspecified atom stereocenters. The minimum atomic E-state index is -4.32. The maximum Gasteiger partial charge on any atom is 0.416 e. The summed E-state index contributed by atoms with van der Waals surface area (Å²) in [4.78, 5) is 0.555. The van der Waals surface area contributed by atoms with Crippen molar-refractivity contribution >= 4 is 17.4 Å². The van der Waals surface area contributed by atoms with Crippen molar-refractivity contribution in [2.45, 2.75) is 18.0 Å².